The maximum atomic E-state index is 7.22. The Kier molecular flexibility index (Phi) is 9.95. The van der Waals surface area contributed by atoms with Crippen LogP contribution in [-0.4, -0.2) is 15.0 Å². The molecule has 2 aromatic heterocycles. The third-order valence-corrected chi connectivity index (χ3v) is 12.0. The number of aromatic nitrogens is 3. The summed E-state index contributed by atoms with van der Waals surface area (Å²) in [5, 5.41) is 2.24. The van der Waals surface area contributed by atoms with Gasteiger partial charge in [-0.05, 0) is 68.0 Å². The van der Waals surface area contributed by atoms with Crippen LogP contribution in [0.4, 0.5) is 0 Å². The second-order valence-electron chi connectivity index (χ2n) is 18.5. The van der Waals surface area contributed by atoms with Gasteiger partial charge in [-0.2, -0.15) is 0 Å². The molecule has 4 nitrogen and oxygen atoms in total. The van der Waals surface area contributed by atoms with Crippen molar-refractivity contribution >= 4 is 21.9 Å². The highest BCUT2D eigenvalue weighted by atomic mass is 16.3. The topological polar surface area (TPSA) is 51.8 Å². The summed E-state index contributed by atoms with van der Waals surface area (Å²) in [6, 6.07) is 66.3. The van der Waals surface area contributed by atoms with Gasteiger partial charge in [-0.1, -0.05) is 211 Å². The van der Waals surface area contributed by atoms with Gasteiger partial charge in [-0.25, -0.2) is 15.0 Å². The maximum absolute atomic E-state index is 7.22. The van der Waals surface area contributed by atoms with Crippen molar-refractivity contribution in [2.45, 2.75) is 52.4 Å². The molecule has 0 radical (unpaired) electrons. The van der Waals surface area contributed by atoms with Crippen LogP contribution < -0.4 is 0 Å². The summed E-state index contributed by atoms with van der Waals surface area (Å²) in [5.74, 6) is 1.87. The molecule has 0 aliphatic carbocycles. The molecule has 63 heavy (non-hydrogen) atoms. The zero-order valence-electron chi connectivity index (χ0n) is 36.6. The molecule has 0 saturated carbocycles. The number of rotatable bonds is 7. The highest BCUT2D eigenvalue weighted by Gasteiger charge is 2.30. The van der Waals surface area contributed by atoms with E-state index in [9.17, 15) is 0 Å². The standard InChI is InChI=1S/C59H49N3O/c1-58(2,3)49-36-46(39-21-13-8-14-22-39)35-48-52-51(47(41-23-15-9-16-24-41)37-50(59(4,5)6)54(52)63-53(48)49)42-29-33-45(34-30-42)57-61-55(43-25-17-10-18-26-43)60-56(62-57)44-31-27-40(28-32-44)38-19-11-7-12-20-38/h7-37H,1-6H3. The van der Waals surface area contributed by atoms with Crippen LogP contribution in [0.25, 0.3) is 101 Å². The monoisotopic (exact) mass is 815 g/mol. The molecule has 0 fully saturated rings. The Hall–Kier alpha value is -7.43. The largest absolute Gasteiger partial charge is 0.455 e. The summed E-state index contributed by atoms with van der Waals surface area (Å²) >= 11 is 0. The summed E-state index contributed by atoms with van der Waals surface area (Å²) < 4.78 is 7.22. The first-order valence-corrected chi connectivity index (χ1v) is 21.8. The van der Waals surface area contributed by atoms with Crippen molar-refractivity contribution in [2.75, 3.05) is 0 Å². The lowest BCUT2D eigenvalue weighted by Gasteiger charge is -2.23. The van der Waals surface area contributed by atoms with E-state index >= 15 is 0 Å². The number of nitrogens with zero attached hydrogens (tertiary/aromatic N) is 3. The second kappa shape index (κ2) is 15.8. The van der Waals surface area contributed by atoms with Crippen LogP contribution in [-0.2, 0) is 10.8 Å². The van der Waals surface area contributed by atoms with Crippen molar-refractivity contribution in [3.05, 3.63) is 199 Å². The molecule has 0 saturated heterocycles. The lowest BCUT2D eigenvalue weighted by molar-refractivity contribution is 0.557. The van der Waals surface area contributed by atoms with Crippen molar-refractivity contribution in [1.29, 1.82) is 0 Å². The molecule has 0 amide bonds. The molecule has 0 N–H and O–H groups in total. The van der Waals surface area contributed by atoms with Gasteiger partial charge in [0.2, 0.25) is 0 Å². The fraction of sp³-hybridized carbons (Fsp3) is 0.136. The average Bonchev–Trinajstić information content (AvgIpc) is 3.70. The highest BCUT2D eigenvalue weighted by Crippen LogP contribution is 2.49. The molecule has 0 aliphatic rings. The van der Waals surface area contributed by atoms with Gasteiger partial charge in [0, 0.05) is 44.2 Å². The predicted molar refractivity (Wildman–Crippen MR) is 263 cm³/mol. The van der Waals surface area contributed by atoms with E-state index in [4.69, 9.17) is 19.4 Å². The first kappa shape index (κ1) is 39.7. The van der Waals surface area contributed by atoms with Gasteiger partial charge in [-0.3, -0.25) is 0 Å². The number of benzene rings is 8. The second-order valence-corrected chi connectivity index (χ2v) is 18.5. The van der Waals surface area contributed by atoms with Crippen molar-refractivity contribution in [2.24, 2.45) is 0 Å². The quantitative estimate of drug-likeness (QED) is 0.161. The molecule has 10 rings (SSSR count). The fourth-order valence-corrected chi connectivity index (χ4v) is 8.69. The van der Waals surface area contributed by atoms with Gasteiger partial charge < -0.3 is 4.42 Å². The smallest absolute Gasteiger partial charge is 0.164 e. The van der Waals surface area contributed by atoms with Gasteiger partial charge in [0.05, 0.1) is 0 Å². The lowest BCUT2D eigenvalue weighted by Crippen LogP contribution is -2.12. The molecule has 2 heterocycles. The van der Waals surface area contributed by atoms with E-state index in [0.29, 0.717) is 17.5 Å². The Balaban J connectivity index is 1.19. The van der Waals surface area contributed by atoms with E-state index in [2.05, 4.69) is 193 Å². The highest BCUT2D eigenvalue weighted by molar-refractivity contribution is 6.18. The number of hydrogen-bond acceptors (Lipinski definition) is 4. The Morgan fingerprint density at radius 3 is 1.17 bits per heavy atom. The average molecular weight is 816 g/mol. The van der Waals surface area contributed by atoms with E-state index in [1.165, 1.54) is 33.4 Å². The van der Waals surface area contributed by atoms with E-state index in [1.807, 2.05) is 36.4 Å². The van der Waals surface area contributed by atoms with Crippen molar-refractivity contribution in [3.8, 4) is 78.7 Å². The van der Waals surface area contributed by atoms with Crippen LogP contribution in [0.15, 0.2) is 192 Å². The van der Waals surface area contributed by atoms with Crippen molar-refractivity contribution < 1.29 is 4.42 Å². The summed E-state index contributed by atoms with van der Waals surface area (Å²) in [6.45, 7) is 13.7. The molecule has 4 heteroatoms. The predicted octanol–water partition coefficient (Wildman–Crippen LogP) is 16.0. The molecule has 0 unspecified atom stereocenters. The molecule has 0 aliphatic heterocycles. The molecule has 8 aromatic carbocycles. The van der Waals surface area contributed by atoms with Gasteiger partial charge in [0.15, 0.2) is 17.5 Å². The Morgan fingerprint density at radius 1 is 0.333 bits per heavy atom. The zero-order chi connectivity index (χ0) is 43.3. The SMILES string of the molecule is CC(C)(C)c1cc(-c2ccccc2)cc2c1oc1c(C(C)(C)C)cc(-c3ccccc3)c(-c3ccc(-c4nc(-c5ccccc5)nc(-c5ccc(-c6ccccc6)cc5)n4)cc3)c12. The molecule has 0 atom stereocenters. The van der Waals surface area contributed by atoms with E-state index < -0.39 is 0 Å². The van der Waals surface area contributed by atoms with E-state index in [-0.39, 0.29) is 10.8 Å². The molecular weight excluding hydrogens is 767 g/mol. The summed E-state index contributed by atoms with van der Waals surface area (Å²) in [4.78, 5) is 15.2. The number of furan rings is 1. The van der Waals surface area contributed by atoms with Crippen LogP contribution in [0.3, 0.4) is 0 Å². The summed E-state index contributed by atoms with van der Waals surface area (Å²) in [6.07, 6.45) is 0. The molecule has 10 aromatic rings. The van der Waals surface area contributed by atoms with Gasteiger partial charge in [0.1, 0.15) is 11.2 Å². The zero-order valence-corrected chi connectivity index (χ0v) is 36.6. The molecule has 306 valence electrons. The van der Waals surface area contributed by atoms with Crippen LogP contribution in [0.5, 0.6) is 0 Å². The minimum Gasteiger partial charge on any atom is -0.455 e. The minimum atomic E-state index is -0.198. The third kappa shape index (κ3) is 7.63. The molecular formula is C59H49N3O. The minimum absolute atomic E-state index is 0.172. The normalized spacial score (nSPS) is 12.0. The Labute approximate surface area is 370 Å². The molecule has 0 spiro atoms. The lowest BCUT2D eigenvalue weighted by atomic mass is 9.80. The van der Waals surface area contributed by atoms with Gasteiger partial charge in [0.25, 0.3) is 0 Å². The van der Waals surface area contributed by atoms with Crippen LogP contribution in [0, 0.1) is 0 Å². The van der Waals surface area contributed by atoms with E-state index in [0.717, 1.165) is 60.9 Å². The first-order chi connectivity index (χ1) is 30.5. The third-order valence-electron chi connectivity index (χ3n) is 12.0. The fourth-order valence-electron chi connectivity index (χ4n) is 8.69. The Bertz CT molecular complexity index is 3230. The summed E-state index contributed by atoms with van der Waals surface area (Å²) in [7, 11) is 0. The van der Waals surface area contributed by atoms with Crippen LogP contribution in [0.2, 0.25) is 0 Å². The number of hydrogen-bond donors (Lipinski definition) is 0. The summed E-state index contributed by atoms with van der Waals surface area (Å²) in [5.41, 5.74) is 15.8. The Morgan fingerprint density at radius 2 is 0.698 bits per heavy atom. The van der Waals surface area contributed by atoms with Gasteiger partial charge in [-0.15, -0.1) is 0 Å². The van der Waals surface area contributed by atoms with Gasteiger partial charge >= 0.3 is 0 Å². The van der Waals surface area contributed by atoms with Crippen LogP contribution in [0.1, 0.15) is 52.7 Å². The molecule has 0 bridgehead atoms. The first-order valence-electron chi connectivity index (χ1n) is 21.8. The van der Waals surface area contributed by atoms with Crippen molar-refractivity contribution in [1.82, 2.24) is 15.0 Å². The van der Waals surface area contributed by atoms with Crippen molar-refractivity contribution in [3.63, 3.8) is 0 Å². The van der Waals surface area contributed by atoms with Crippen LogP contribution >= 0.6 is 0 Å². The van der Waals surface area contributed by atoms with E-state index in [1.54, 1.807) is 0 Å². The maximum Gasteiger partial charge on any atom is 0.164 e. The number of fused-ring (bicyclic) bond motifs is 3.